The van der Waals surface area contributed by atoms with Crippen molar-refractivity contribution in [3.63, 3.8) is 0 Å². The highest BCUT2D eigenvalue weighted by Gasteiger charge is 2.20. The minimum Gasteiger partial charge on any atom is -0.508 e. The highest BCUT2D eigenvalue weighted by molar-refractivity contribution is 5.55. The summed E-state index contributed by atoms with van der Waals surface area (Å²) in [5, 5.41) is 20.1. The molecule has 0 bridgehead atoms. The van der Waals surface area contributed by atoms with Gasteiger partial charge < -0.3 is 10.4 Å². The Morgan fingerprint density at radius 1 is 1.26 bits per heavy atom. The standard InChI is InChI=1S/C13H16N4O2/c1-13(2,3)10-11(19)15-12(17-16-10)14-8-5-4-6-9(18)7-8/h4-7,18H,1-3H3,(H2,14,15,17,19). The summed E-state index contributed by atoms with van der Waals surface area (Å²) >= 11 is 0. The lowest BCUT2D eigenvalue weighted by molar-refractivity contribution is 0.475. The molecule has 1 aromatic heterocycles. The summed E-state index contributed by atoms with van der Waals surface area (Å²) in [5.74, 6) is 0.371. The van der Waals surface area contributed by atoms with Gasteiger partial charge in [-0.05, 0) is 12.1 Å². The van der Waals surface area contributed by atoms with E-state index in [1.807, 2.05) is 20.8 Å². The van der Waals surface area contributed by atoms with Gasteiger partial charge in [0.15, 0.2) is 0 Å². The van der Waals surface area contributed by atoms with Gasteiger partial charge in [-0.1, -0.05) is 26.8 Å². The van der Waals surface area contributed by atoms with Gasteiger partial charge in [0.1, 0.15) is 11.4 Å². The van der Waals surface area contributed by atoms with Crippen LogP contribution in [0.2, 0.25) is 0 Å². The number of hydrogen-bond donors (Lipinski definition) is 3. The summed E-state index contributed by atoms with van der Waals surface area (Å²) in [6.07, 6.45) is 0. The van der Waals surface area contributed by atoms with Crippen molar-refractivity contribution in [2.75, 3.05) is 5.32 Å². The van der Waals surface area contributed by atoms with Crippen molar-refractivity contribution in [3.8, 4) is 5.75 Å². The second-order valence-electron chi connectivity index (χ2n) is 5.28. The van der Waals surface area contributed by atoms with Crippen molar-refractivity contribution >= 4 is 11.6 Å². The van der Waals surface area contributed by atoms with Gasteiger partial charge in [-0.25, -0.2) is 0 Å². The number of benzene rings is 1. The predicted octanol–water partition coefficient (Wildman–Crippen LogP) is 1.91. The number of phenols is 1. The van der Waals surface area contributed by atoms with Crippen molar-refractivity contribution in [3.05, 3.63) is 40.3 Å². The minimum atomic E-state index is -0.357. The Hall–Kier alpha value is -2.37. The molecule has 0 unspecified atom stereocenters. The highest BCUT2D eigenvalue weighted by atomic mass is 16.3. The first-order chi connectivity index (χ1) is 8.86. The number of nitrogens with zero attached hydrogens (tertiary/aromatic N) is 2. The number of anilines is 2. The molecular weight excluding hydrogens is 244 g/mol. The monoisotopic (exact) mass is 260 g/mol. The zero-order valence-electron chi connectivity index (χ0n) is 11.1. The van der Waals surface area contributed by atoms with Crippen LogP contribution in [0.4, 0.5) is 11.6 Å². The van der Waals surface area contributed by atoms with Crippen LogP contribution in [0.5, 0.6) is 5.75 Å². The number of phenolic OH excluding ortho intramolecular Hbond substituents is 1. The molecule has 0 amide bonds. The normalized spacial score (nSPS) is 11.3. The van der Waals surface area contributed by atoms with E-state index < -0.39 is 0 Å². The molecule has 0 aliphatic heterocycles. The van der Waals surface area contributed by atoms with Gasteiger partial charge in [0.2, 0.25) is 5.95 Å². The lowest BCUT2D eigenvalue weighted by atomic mass is 9.93. The van der Waals surface area contributed by atoms with Gasteiger partial charge in [0.25, 0.3) is 5.56 Å². The maximum Gasteiger partial charge on any atom is 0.274 e. The molecule has 3 N–H and O–H groups in total. The van der Waals surface area contributed by atoms with Crippen LogP contribution >= 0.6 is 0 Å². The number of rotatable bonds is 2. The quantitative estimate of drug-likeness (QED) is 0.767. The summed E-state index contributed by atoms with van der Waals surface area (Å²) < 4.78 is 0. The van der Waals surface area contributed by atoms with Crippen molar-refractivity contribution in [2.24, 2.45) is 0 Å². The van der Waals surface area contributed by atoms with Gasteiger partial charge in [-0.15, -0.1) is 10.2 Å². The van der Waals surface area contributed by atoms with Crippen LogP contribution in [-0.2, 0) is 5.41 Å². The number of aromatic hydroxyl groups is 1. The molecule has 0 radical (unpaired) electrons. The number of hydrogen-bond acceptors (Lipinski definition) is 5. The van der Waals surface area contributed by atoms with Crippen molar-refractivity contribution in [1.29, 1.82) is 0 Å². The molecule has 100 valence electrons. The molecule has 0 aliphatic rings. The average Bonchev–Trinajstić information content (AvgIpc) is 2.27. The van der Waals surface area contributed by atoms with Crippen molar-refractivity contribution < 1.29 is 5.11 Å². The molecule has 6 heteroatoms. The van der Waals surface area contributed by atoms with Crippen LogP contribution in [0.25, 0.3) is 0 Å². The first kappa shape index (κ1) is 13.1. The Morgan fingerprint density at radius 2 is 2.00 bits per heavy atom. The van der Waals surface area contributed by atoms with Gasteiger partial charge in [0.05, 0.1) is 0 Å². The van der Waals surface area contributed by atoms with Gasteiger partial charge in [-0.3, -0.25) is 9.78 Å². The lowest BCUT2D eigenvalue weighted by Crippen LogP contribution is -2.28. The van der Waals surface area contributed by atoms with E-state index in [-0.39, 0.29) is 22.7 Å². The third kappa shape index (κ3) is 3.09. The minimum absolute atomic E-state index is 0.131. The molecule has 19 heavy (non-hydrogen) atoms. The van der Waals surface area contributed by atoms with E-state index in [9.17, 15) is 9.90 Å². The third-order valence-electron chi connectivity index (χ3n) is 2.52. The number of aromatic amines is 1. The zero-order chi connectivity index (χ0) is 14.0. The molecule has 0 atom stereocenters. The number of aromatic nitrogens is 3. The SMILES string of the molecule is CC(C)(C)c1nnc(Nc2cccc(O)c2)[nH]c1=O. The summed E-state index contributed by atoms with van der Waals surface area (Å²) in [6, 6.07) is 6.52. The predicted molar refractivity (Wildman–Crippen MR) is 72.7 cm³/mol. The molecule has 2 rings (SSSR count). The van der Waals surface area contributed by atoms with E-state index in [2.05, 4.69) is 20.5 Å². The molecule has 0 saturated heterocycles. The van der Waals surface area contributed by atoms with E-state index in [0.717, 1.165) is 0 Å². The average molecular weight is 260 g/mol. The largest absolute Gasteiger partial charge is 0.508 e. The van der Waals surface area contributed by atoms with Crippen LogP contribution < -0.4 is 10.9 Å². The van der Waals surface area contributed by atoms with Crippen molar-refractivity contribution in [1.82, 2.24) is 15.2 Å². The van der Waals surface area contributed by atoms with E-state index in [1.165, 1.54) is 6.07 Å². The Kier molecular flexibility index (Phi) is 3.25. The van der Waals surface area contributed by atoms with Crippen molar-refractivity contribution in [2.45, 2.75) is 26.2 Å². The van der Waals surface area contributed by atoms with E-state index in [1.54, 1.807) is 18.2 Å². The second kappa shape index (κ2) is 4.72. The Balaban J connectivity index is 2.29. The summed E-state index contributed by atoms with van der Waals surface area (Å²) in [5.41, 5.74) is 0.372. The fraction of sp³-hybridized carbons (Fsp3) is 0.308. The lowest BCUT2D eigenvalue weighted by Gasteiger charge is -2.15. The molecule has 1 heterocycles. The first-order valence-corrected chi connectivity index (χ1v) is 5.90. The Morgan fingerprint density at radius 3 is 2.58 bits per heavy atom. The fourth-order valence-electron chi connectivity index (χ4n) is 1.60. The fourth-order valence-corrected chi connectivity index (χ4v) is 1.60. The smallest absolute Gasteiger partial charge is 0.274 e. The summed E-state index contributed by atoms with van der Waals surface area (Å²) in [7, 11) is 0. The molecule has 1 aromatic carbocycles. The molecule has 0 spiro atoms. The summed E-state index contributed by atoms with van der Waals surface area (Å²) in [4.78, 5) is 14.5. The van der Waals surface area contributed by atoms with Crippen LogP contribution in [0.15, 0.2) is 29.1 Å². The van der Waals surface area contributed by atoms with E-state index in [0.29, 0.717) is 11.4 Å². The number of nitrogens with one attached hydrogen (secondary N) is 2. The first-order valence-electron chi connectivity index (χ1n) is 5.90. The number of H-pyrrole nitrogens is 1. The maximum atomic E-state index is 11.9. The zero-order valence-corrected chi connectivity index (χ0v) is 11.1. The molecular formula is C13H16N4O2. The van der Waals surface area contributed by atoms with E-state index >= 15 is 0 Å². The molecule has 2 aromatic rings. The van der Waals surface area contributed by atoms with Crippen LogP contribution in [0, 0.1) is 0 Å². The highest BCUT2D eigenvalue weighted by Crippen LogP contribution is 2.18. The molecule has 0 aliphatic carbocycles. The molecule has 6 nitrogen and oxygen atoms in total. The molecule has 0 fully saturated rings. The Bertz CT molecular complexity index is 644. The topological polar surface area (TPSA) is 90.9 Å². The van der Waals surface area contributed by atoms with Crippen LogP contribution in [0.3, 0.4) is 0 Å². The summed E-state index contributed by atoms with van der Waals surface area (Å²) in [6.45, 7) is 5.69. The van der Waals surface area contributed by atoms with Crippen LogP contribution in [0.1, 0.15) is 26.5 Å². The van der Waals surface area contributed by atoms with E-state index in [4.69, 9.17) is 0 Å². The van der Waals surface area contributed by atoms with Gasteiger partial charge in [0, 0.05) is 17.2 Å². The van der Waals surface area contributed by atoms with Gasteiger partial charge >= 0.3 is 0 Å². The third-order valence-corrected chi connectivity index (χ3v) is 2.52. The Labute approximate surface area is 110 Å². The second-order valence-corrected chi connectivity index (χ2v) is 5.28. The van der Waals surface area contributed by atoms with Crippen LogP contribution in [-0.4, -0.2) is 20.3 Å². The maximum absolute atomic E-state index is 11.9. The van der Waals surface area contributed by atoms with Gasteiger partial charge in [-0.2, -0.15) is 0 Å². The molecule has 0 saturated carbocycles.